The van der Waals surface area contributed by atoms with Crippen molar-refractivity contribution >= 4 is 33.5 Å². The fourth-order valence-electron chi connectivity index (χ4n) is 4.57. The Labute approximate surface area is 200 Å². The van der Waals surface area contributed by atoms with Crippen molar-refractivity contribution in [1.82, 2.24) is 9.80 Å². The molecule has 3 aromatic carbocycles. The molecule has 0 radical (unpaired) electrons. The molecule has 2 amide bonds. The van der Waals surface area contributed by atoms with Crippen LogP contribution in [-0.4, -0.2) is 68.7 Å². The number of hydrogen-bond acceptors (Lipinski definition) is 5. The zero-order valence-corrected chi connectivity index (χ0v) is 20.2. The standard InChI is InChI=1S/C27H32N2O5/c1-5-18(2)19-10-11-24-21(12-19)13-20-8-6-7-9-23(20)25(24)26(30)34-22-14-28(16-32-3)27(31)29(15-22)17-33-4/h6-13,18,22H,5,14-17H2,1-4H3. The molecule has 1 unspecified atom stereocenters. The van der Waals surface area contributed by atoms with Crippen LogP contribution in [0.4, 0.5) is 4.79 Å². The predicted octanol–water partition coefficient (Wildman–Crippen LogP) is 4.98. The van der Waals surface area contributed by atoms with Gasteiger partial charge in [-0.15, -0.1) is 0 Å². The van der Waals surface area contributed by atoms with E-state index in [1.807, 2.05) is 30.3 Å². The van der Waals surface area contributed by atoms with Gasteiger partial charge < -0.3 is 14.2 Å². The lowest BCUT2D eigenvalue weighted by Gasteiger charge is -2.38. The molecule has 0 saturated carbocycles. The van der Waals surface area contributed by atoms with E-state index in [-0.39, 0.29) is 32.6 Å². The Morgan fingerprint density at radius 3 is 2.26 bits per heavy atom. The van der Waals surface area contributed by atoms with Gasteiger partial charge in [0.2, 0.25) is 0 Å². The van der Waals surface area contributed by atoms with Gasteiger partial charge in [-0.25, -0.2) is 9.59 Å². The second-order valence-corrected chi connectivity index (χ2v) is 8.85. The molecule has 1 heterocycles. The van der Waals surface area contributed by atoms with Gasteiger partial charge in [0.15, 0.2) is 0 Å². The molecule has 0 bridgehead atoms. The van der Waals surface area contributed by atoms with Crippen LogP contribution in [0.5, 0.6) is 0 Å². The smallest absolute Gasteiger partial charge is 0.339 e. The zero-order chi connectivity index (χ0) is 24.2. The highest BCUT2D eigenvalue weighted by atomic mass is 16.5. The molecule has 1 atom stereocenters. The summed E-state index contributed by atoms with van der Waals surface area (Å²) in [6.07, 6.45) is 0.536. The van der Waals surface area contributed by atoms with Gasteiger partial charge in [-0.3, -0.25) is 9.80 Å². The Morgan fingerprint density at radius 1 is 0.971 bits per heavy atom. The first-order valence-electron chi connectivity index (χ1n) is 11.6. The first kappa shape index (κ1) is 24.0. The summed E-state index contributed by atoms with van der Waals surface area (Å²) in [5.41, 5.74) is 1.80. The van der Waals surface area contributed by atoms with E-state index in [4.69, 9.17) is 14.2 Å². The van der Waals surface area contributed by atoms with Gasteiger partial charge in [-0.1, -0.05) is 56.3 Å². The van der Waals surface area contributed by atoms with Crippen molar-refractivity contribution in [3.8, 4) is 0 Å². The van der Waals surface area contributed by atoms with Gasteiger partial charge >= 0.3 is 12.0 Å². The summed E-state index contributed by atoms with van der Waals surface area (Å²) < 4.78 is 16.3. The van der Waals surface area contributed by atoms with Crippen molar-refractivity contribution in [2.75, 3.05) is 40.8 Å². The monoisotopic (exact) mass is 464 g/mol. The van der Waals surface area contributed by atoms with Crippen LogP contribution in [0.1, 0.15) is 42.1 Å². The SMILES string of the molecule is CCC(C)c1ccc2c(C(=O)OC3CN(COC)C(=O)N(COC)C3)c3ccccc3cc2c1. The Kier molecular flexibility index (Phi) is 7.34. The number of urea groups is 1. The summed E-state index contributed by atoms with van der Waals surface area (Å²) in [5, 5.41) is 3.73. The maximum atomic E-state index is 13.6. The van der Waals surface area contributed by atoms with Gasteiger partial charge in [0.25, 0.3) is 0 Å². The predicted molar refractivity (Wildman–Crippen MR) is 132 cm³/mol. The summed E-state index contributed by atoms with van der Waals surface area (Å²) in [4.78, 5) is 29.3. The lowest BCUT2D eigenvalue weighted by atomic mass is 9.92. The van der Waals surface area contributed by atoms with E-state index >= 15 is 0 Å². The summed E-state index contributed by atoms with van der Waals surface area (Å²) in [6, 6.07) is 16.1. The largest absolute Gasteiger partial charge is 0.455 e. The van der Waals surface area contributed by atoms with Crippen molar-refractivity contribution in [2.45, 2.75) is 32.3 Å². The van der Waals surface area contributed by atoms with E-state index < -0.39 is 12.1 Å². The molecule has 3 aromatic rings. The summed E-state index contributed by atoms with van der Waals surface area (Å²) in [5.74, 6) is 0.0387. The van der Waals surface area contributed by atoms with Gasteiger partial charge in [0, 0.05) is 14.2 Å². The molecule has 1 aliphatic heterocycles. The van der Waals surface area contributed by atoms with Crippen molar-refractivity contribution in [1.29, 1.82) is 0 Å². The highest BCUT2D eigenvalue weighted by Gasteiger charge is 2.34. The number of amides is 2. The number of esters is 1. The molecule has 180 valence electrons. The number of benzene rings is 3. The van der Waals surface area contributed by atoms with Crippen molar-refractivity contribution in [2.24, 2.45) is 0 Å². The van der Waals surface area contributed by atoms with Crippen LogP contribution in [-0.2, 0) is 14.2 Å². The number of carbonyl (C=O) groups excluding carboxylic acids is 2. The molecule has 0 N–H and O–H groups in total. The van der Waals surface area contributed by atoms with E-state index in [0.717, 1.165) is 28.0 Å². The van der Waals surface area contributed by atoms with Gasteiger partial charge in [0.1, 0.15) is 19.6 Å². The molecular formula is C27H32N2O5. The molecule has 0 spiro atoms. The van der Waals surface area contributed by atoms with Gasteiger partial charge in [-0.2, -0.15) is 0 Å². The van der Waals surface area contributed by atoms with Crippen molar-refractivity contribution in [3.05, 3.63) is 59.7 Å². The Morgan fingerprint density at radius 2 is 1.62 bits per heavy atom. The molecule has 0 aromatic heterocycles. The molecular weight excluding hydrogens is 432 g/mol. The maximum absolute atomic E-state index is 13.6. The average Bonchev–Trinajstić information content (AvgIpc) is 2.84. The highest BCUT2D eigenvalue weighted by Crippen LogP contribution is 2.32. The van der Waals surface area contributed by atoms with Gasteiger partial charge in [-0.05, 0) is 45.5 Å². The second-order valence-electron chi connectivity index (χ2n) is 8.85. The third-order valence-corrected chi connectivity index (χ3v) is 6.50. The van der Waals surface area contributed by atoms with Crippen molar-refractivity contribution < 1.29 is 23.8 Å². The van der Waals surface area contributed by atoms with Crippen LogP contribution in [0, 0.1) is 0 Å². The molecule has 1 aliphatic rings. The lowest BCUT2D eigenvalue weighted by molar-refractivity contribution is -0.0400. The molecule has 0 aliphatic carbocycles. The molecule has 7 heteroatoms. The van der Waals surface area contributed by atoms with E-state index in [2.05, 4.69) is 32.0 Å². The molecule has 7 nitrogen and oxygen atoms in total. The molecule has 34 heavy (non-hydrogen) atoms. The normalized spacial score (nSPS) is 15.8. The minimum atomic E-state index is -0.510. The average molecular weight is 465 g/mol. The molecule has 1 saturated heterocycles. The second kappa shape index (κ2) is 10.4. The molecule has 4 rings (SSSR count). The van der Waals surface area contributed by atoms with Crippen LogP contribution in [0.15, 0.2) is 48.5 Å². The summed E-state index contributed by atoms with van der Waals surface area (Å²) in [7, 11) is 3.05. The quantitative estimate of drug-likeness (QED) is 0.348. The minimum absolute atomic E-state index is 0.114. The maximum Gasteiger partial charge on any atom is 0.339 e. The summed E-state index contributed by atoms with van der Waals surface area (Å²) in [6.45, 7) is 5.14. The number of fused-ring (bicyclic) bond motifs is 2. The Hall–Kier alpha value is -3.16. The number of nitrogens with zero attached hydrogens (tertiary/aromatic N) is 2. The number of methoxy groups -OCH3 is 2. The third kappa shape index (κ3) is 4.72. The van der Waals surface area contributed by atoms with Crippen LogP contribution in [0.3, 0.4) is 0 Å². The number of rotatable bonds is 8. The highest BCUT2D eigenvalue weighted by molar-refractivity contribution is 6.16. The number of ether oxygens (including phenoxy) is 3. The topological polar surface area (TPSA) is 68.3 Å². The minimum Gasteiger partial charge on any atom is -0.455 e. The fourth-order valence-corrected chi connectivity index (χ4v) is 4.57. The first-order valence-corrected chi connectivity index (χ1v) is 11.6. The van der Waals surface area contributed by atoms with Crippen LogP contribution in [0.25, 0.3) is 21.5 Å². The first-order chi connectivity index (χ1) is 16.5. The van der Waals surface area contributed by atoms with Crippen molar-refractivity contribution in [3.63, 3.8) is 0 Å². The van der Waals surface area contributed by atoms with E-state index in [0.29, 0.717) is 11.5 Å². The van der Waals surface area contributed by atoms with Gasteiger partial charge in [0.05, 0.1) is 18.7 Å². The van der Waals surface area contributed by atoms with Crippen LogP contribution in [0.2, 0.25) is 0 Å². The van der Waals surface area contributed by atoms with E-state index in [1.165, 1.54) is 29.6 Å². The molecule has 1 fully saturated rings. The van der Waals surface area contributed by atoms with Crippen LogP contribution >= 0.6 is 0 Å². The fraction of sp³-hybridized carbons (Fsp3) is 0.407. The zero-order valence-electron chi connectivity index (χ0n) is 20.2. The number of hydrogen-bond donors (Lipinski definition) is 0. The Balaban J connectivity index is 1.71. The third-order valence-electron chi connectivity index (χ3n) is 6.50. The van der Waals surface area contributed by atoms with E-state index in [1.54, 1.807) is 0 Å². The summed E-state index contributed by atoms with van der Waals surface area (Å²) >= 11 is 0. The van der Waals surface area contributed by atoms with Crippen LogP contribution < -0.4 is 0 Å². The Bertz CT molecular complexity index is 1180. The van der Waals surface area contributed by atoms with E-state index in [9.17, 15) is 9.59 Å². The lowest BCUT2D eigenvalue weighted by Crippen LogP contribution is -2.57. The number of carbonyl (C=O) groups is 2.